The molecule has 0 bridgehead atoms. The van der Waals surface area contributed by atoms with Crippen molar-refractivity contribution in [2.75, 3.05) is 5.32 Å². The van der Waals surface area contributed by atoms with E-state index in [1.807, 2.05) is 0 Å². The molecule has 1 aliphatic rings. The molecule has 0 radical (unpaired) electrons. The minimum Gasteiger partial charge on any atom is -0.379 e. The first kappa shape index (κ1) is 12.8. The lowest BCUT2D eigenvalue weighted by atomic mass is 9.80. The monoisotopic (exact) mass is 249 g/mol. The Balaban J connectivity index is 1.98. The number of nitro groups is 1. The van der Waals surface area contributed by atoms with Gasteiger partial charge in [-0.05, 0) is 47.1 Å². The van der Waals surface area contributed by atoms with Crippen LogP contribution in [0, 0.1) is 22.0 Å². The third-order valence-corrected chi connectivity index (χ3v) is 3.48. The summed E-state index contributed by atoms with van der Waals surface area (Å²) in [6.07, 6.45) is 5.14. The Hall–Kier alpha value is -1.65. The molecule has 1 N–H and O–H groups in total. The number of pyridine rings is 1. The van der Waals surface area contributed by atoms with Crippen LogP contribution in [0.3, 0.4) is 0 Å². The maximum atomic E-state index is 10.5. The van der Waals surface area contributed by atoms with Crippen molar-refractivity contribution < 1.29 is 4.92 Å². The summed E-state index contributed by atoms with van der Waals surface area (Å²) in [5.74, 6) is 1.36. The van der Waals surface area contributed by atoms with Crippen LogP contribution >= 0.6 is 0 Å². The van der Waals surface area contributed by atoms with Crippen molar-refractivity contribution in [3.8, 4) is 0 Å². The highest BCUT2D eigenvalue weighted by Crippen LogP contribution is 2.30. The molecule has 5 nitrogen and oxygen atoms in total. The minimum atomic E-state index is -0.478. The standard InChI is InChI=1S/C13H19N3O2/c1-9-5-10(2)7-12(6-9)15-11-3-4-13(14-8-11)16(17)18/h3-4,8-10,12,15H,5-7H2,1-2H3. The number of hydrogen-bond acceptors (Lipinski definition) is 4. The summed E-state index contributed by atoms with van der Waals surface area (Å²) < 4.78 is 0. The molecule has 0 saturated heterocycles. The molecule has 2 atom stereocenters. The second-order valence-electron chi connectivity index (χ2n) is 5.42. The Labute approximate surface area is 107 Å². The third-order valence-electron chi connectivity index (χ3n) is 3.48. The van der Waals surface area contributed by atoms with E-state index < -0.39 is 4.92 Å². The summed E-state index contributed by atoms with van der Waals surface area (Å²) in [6.45, 7) is 4.55. The van der Waals surface area contributed by atoms with E-state index in [0.29, 0.717) is 6.04 Å². The van der Waals surface area contributed by atoms with E-state index in [9.17, 15) is 10.1 Å². The molecule has 2 rings (SSSR count). The van der Waals surface area contributed by atoms with Gasteiger partial charge in [0.05, 0.1) is 5.69 Å². The van der Waals surface area contributed by atoms with E-state index in [0.717, 1.165) is 30.4 Å². The number of anilines is 1. The summed E-state index contributed by atoms with van der Waals surface area (Å²) in [5, 5.41) is 13.9. The maximum Gasteiger partial charge on any atom is 0.363 e. The van der Waals surface area contributed by atoms with Crippen molar-refractivity contribution in [1.82, 2.24) is 4.98 Å². The lowest BCUT2D eigenvalue weighted by Crippen LogP contribution is -2.30. The molecular formula is C13H19N3O2. The van der Waals surface area contributed by atoms with Gasteiger partial charge in [-0.2, -0.15) is 0 Å². The van der Waals surface area contributed by atoms with Crippen molar-refractivity contribution in [2.45, 2.75) is 39.2 Å². The number of aromatic nitrogens is 1. The molecular weight excluding hydrogens is 230 g/mol. The lowest BCUT2D eigenvalue weighted by Gasteiger charge is -2.32. The first-order valence-electron chi connectivity index (χ1n) is 6.41. The van der Waals surface area contributed by atoms with Gasteiger partial charge in [0.1, 0.15) is 0 Å². The highest BCUT2D eigenvalue weighted by molar-refractivity contribution is 5.44. The second-order valence-corrected chi connectivity index (χ2v) is 5.42. The van der Waals surface area contributed by atoms with Crippen molar-refractivity contribution in [3.05, 3.63) is 28.4 Å². The molecule has 0 amide bonds. The van der Waals surface area contributed by atoms with Crippen LogP contribution in [0.4, 0.5) is 11.5 Å². The van der Waals surface area contributed by atoms with Gasteiger partial charge in [0.15, 0.2) is 6.20 Å². The fourth-order valence-corrected chi connectivity index (χ4v) is 2.88. The molecule has 0 aliphatic heterocycles. The smallest absolute Gasteiger partial charge is 0.363 e. The zero-order valence-electron chi connectivity index (χ0n) is 10.8. The number of rotatable bonds is 3. The van der Waals surface area contributed by atoms with E-state index in [1.165, 1.54) is 12.5 Å². The van der Waals surface area contributed by atoms with Crippen LogP contribution in [-0.4, -0.2) is 15.9 Å². The molecule has 1 aliphatic carbocycles. The van der Waals surface area contributed by atoms with Crippen molar-refractivity contribution >= 4 is 11.5 Å². The van der Waals surface area contributed by atoms with Crippen LogP contribution < -0.4 is 5.32 Å². The maximum absolute atomic E-state index is 10.5. The molecule has 5 heteroatoms. The fourth-order valence-electron chi connectivity index (χ4n) is 2.88. The van der Waals surface area contributed by atoms with Crippen LogP contribution in [0.15, 0.2) is 18.3 Å². The number of nitrogens with zero attached hydrogens (tertiary/aromatic N) is 2. The molecule has 98 valence electrons. The SMILES string of the molecule is CC1CC(C)CC(Nc2ccc([N+](=O)[O-])nc2)C1. The van der Waals surface area contributed by atoms with Crippen LogP contribution in [-0.2, 0) is 0 Å². The van der Waals surface area contributed by atoms with Crippen LogP contribution in [0.1, 0.15) is 33.1 Å². The van der Waals surface area contributed by atoms with Crippen molar-refractivity contribution in [3.63, 3.8) is 0 Å². The van der Waals surface area contributed by atoms with Gasteiger partial charge >= 0.3 is 5.82 Å². The van der Waals surface area contributed by atoms with Gasteiger partial charge in [0, 0.05) is 12.1 Å². The molecule has 2 unspecified atom stereocenters. The molecule has 1 aromatic heterocycles. The Morgan fingerprint density at radius 3 is 2.44 bits per heavy atom. The van der Waals surface area contributed by atoms with Gasteiger partial charge in [-0.3, -0.25) is 0 Å². The average Bonchev–Trinajstić information content (AvgIpc) is 2.28. The Kier molecular flexibility index (Phi) is 3.79. The first-order valence-corrected chi connectivity index (χ1v) is 6.41. The quantitative estimate of drug-likeness (QED) is 0.659. The lowest BCUT2D eigenvalue weighted by molar-refractivity contribution is -0.389. The fraction of sp³-hybridized carbons (Fsp3) is 0.615. The van der Waals surface area contributed by atoms with Gasteiger partial charge in [-0.1, -0.05) is 13.8 Å². The van der Waals surface area contributed by atoms with Crippen molar-refractivity contribution in [2.24, 2.45) is 11.8 Å². The van der Waals surface area contributed by atoms with E-state index in [4.69, 9.17) is 0 Å². The van der Waals surface area contributed by atoms with Crippen LogP contribution in [0.25, 0.3) is 0 Å². The molecule has 18 heavy (non-hydrogen) atoms. The van der Waals surface area contributed by atoms with Gasteiger partial charge < -0.3 is 15.4 Å². The zero-order chi connectivity index (χ0) is 13.1. The van der Waals surface area contributed by atoms with E-state index in [-0.39, 0.29) is 5.82 Å². The topological polar surface area (TPSA) is 68.1 Å². The molecule has 0 spiro atoms. The predicted molar refractivity (Wildman–Crippen MR) is 70.5 cm³/mol. The number of hydrogen-bond donors (Lipinski definition) is 1. The van der Waals surface area contributed by atoms with Gasteiger partial charge in [0.25, 0.3) is 0 Å². The summed E-state index contributed by atoms with van der Waals surface area (Å²) in [6, 6.07) is 3.62. The summed E-state index contributed by atoms with van der Waals surface area (Å²) >= 11 is 0. The molecule has 1 aromatic rings. The summed E-state index contributed by atoms with van der Waals surface area (Å²) in [7, 11) is 0. The molecule has 0 aromatic carbocycles. The Morgan fingerprint density at radius 2 is 1.94 bits per heavy atom. The zero-order valence-corrected chi connectivity index (χ0v) is 10.8. The van der Waals surface area contributed by atoms with Gasteiger partial charge in [-0.25, -0.2) is 0 Å². The highest BCUT2D eigenvalue weighted by atomic mass is 16.6. The highest BCUT2D eigenvalue weighted by Gasteiger charge is 2.24. The van der Waals surface area contributed by atoms with E-state index >= 15 is 0 Å². The van der Waals surface area contributed by atoms with E-state index in [2.05, 4.69) is 24.1 Å². The van der Waals surface area contributed by atoms with Gasteiger partial charge in [-0.15, -0.1) is 0 Å². The average molecular weight is 249 g/mol. The first-order chi connectivity index (χ1) is 8.54. The normalized spacial score (nSPS) is 27.8. The van der Waals surface area contributed by atoms with Gasteiger partial charge in [0.2, 0.25) is 0 Å². The van der Waals surface area contributed by atoms with Crippen LogP contribution in [0.2, 0.25) is 0 Å². The number of nitrogens with one attached hydrogen (secondary N) is 1. The molecule has 1 fully saturated rings. The Bertz CT molecular complexity index is 409. The summed E-state index contributed by atoms with van der Waals surface area (Å²) in [5.41, 5.74) is 0.868. The second kappa shape index (κ2) is 5.33. The third kappa shape index (κ3) is 3.18. The summed E-state index contributed by atoms with van der Waals surface area (Å²) in [4.78, 5) is 13.9. The Morgan fingerprint density at radius 1 is 1.28 bits per heavy atom. The van der Waals surface area contributed by atoms with Crippen LogP contribution in [0.5, 0.6) is 0 Å². The minimum absolute atomic E-state index is 0.106. The molecule has 1 saturated carbocycles. The largest absolute Gasteiger partial charge is 0.379 e. The van der Waals surface area contributed by atoms with E-state index in [1.54, 1.807) is 12.3 Å². The van der Waals surface area contributed by atoms with Crippen molar-refractivity contribution in [1.29, 1.82) is 0 Å². The molecule has 1 heterocycles. The predicted octanol–water partition coefficient (Wildman–Crippen LogP) is 3.23.